The third-order valence-electron chi connectivity index (χ3n) is 2.08. The largest absolute Gasteiger partial charge is 0.342 e. The molecule has 4 nitrogen and oxygen atoms in total. The molecule has 11 heavy (non-hydrogen) atoms. The molecule has 0 radical (unpaired) electrons. The monoisotopic (exact) mass is 153 g/mol. The van der Waals surface area contributed by atoms with Crippen molar-refractivity contribution in [1.82, 2.24) is 15.7 Å². The van der Waals surface area contributed by atoms with Crippen LogP contribution in [-0.2, 0) is 0 Å². The van der Waals surface area contributed by atoms with E-state index in [2.05, 4.69) is 15.7 Å². The maximum Gasteiger partial charge on any atom is 0.161 e. The van der Waals surface area contributed by atoms with Crippen LogP contribution in [0, 0.1) is 0 Å². The Balaban J connectivity index is 2.04. The van der Waals surface area contributed by atoms with Gasteiger partial charge in [0.15, 0.2) is 5.76 Å². The molecule has 0 bridgehead atoms. The third-order valence-corrected chi connectivity index (χ3v) is 2.08. The van der Waals surface area contributed by atoms with Crippen molar-refractivity contribution < 1.29 is 4.52 Å². The molecule has 1 aliphatic heterocycles. The van der Waals surface area contributed by atoms with Gasteiger partial charge in [0, 0.05) is 17.7 Å². The number of piperidine rings is 1. The Labute approximate surface area is 65.0 Å². The van der Waals surface area contributed by atoms with Gasteiger partial charge in [-0.1, -0.05) is 0 Å². The Morgan fingerprint density at radius 2 is 2.64 bits per heavy atom. The van der Waals surface area contributed by atoms with Crippen molar-refractivity contribution in [1.29, 1.82) is 0 Å². The highest BCUT2D eigenvalue weighted by Crippen LogP contribution is 2.21. The lowest BCUT2D eigenvalue weighted by Gasteiger charge is -2.19. The highest BCUT2D eigenvalue weighted by Gasteiger charge is 2.18. The lowest BCUT2D eigenvalue weighted by atomic mass is 9.98. The van der Waals surface area contributed by atoms with E-state index in [9.17, 15) is 0 Å². The first-order valence-electron chi connectivity index (χ1n) is 3.95. The zero-order chi connectivity index (χ0) is 7.52. The lowest BCUT2D eigenvalue weighted by Crippen LogP contribution is -2.28. The molecule has 1 aromatic rings. The Morgan fingerprint density at radius 3 is 3.27 bits per heavy atom. The second-order valence-electron chi connectivity index (χ2n) is 2.86. The van der Waals surface area contributed by atoms with Crippen LogP contribution in [-0.4, -0.2) is 23.5 Å². The predicted octanol–water partition coefficient (Wildman–Crippen LogP) is 0.537. The standard InChI is InChI=1S/C7H11N3O/c1-2-6(4-8-3-1)7-5-9-10-11-7/h5-6,8H,1-4H2. The minimum Gasteiger partial charge on any atom is -0.342 e. The van der Waals surface area contributed by atoms with Gasteiger partial charge in [0.05, 0.1) is 6.20 Å². The molecule has 0 spiro atoms. The van der Waals surface area contributed by atoms with E-state index >= 15 is 0 Å². The predicted molar refractivity (Wildman–Crippen MR) is 39.1 cm³/mol. The van der Waals surface area contributed by atoms with Crippen molar-refractivity contribution in [3.63, 3.8) is 0 Å². The smallest absolute Gasteiger partial charge is 0.161 e. The van der Waals surface area contributed by atoms with E-state index in [1.807, 2.05) is 0 Å². The molecule has 2 heterocycles. The van der Waals surface area contributed by atoms with Crippen molar-refractivity contribution in [2.24, 2.45) is 0 Å². The summed E-state index contributed by atoms with van der Waals surface area (Å²) < 4.78 is 4.97. The van der Waals surface area contributed by atoms with Crippen LogP contribution in [0.5, 0.6) is 0 Å². The molecular weight excluding hydrogens is 142 g/mol. The molecule has 1 saturated heterocycles. The Morgan fingerprint density at radius 1 is 1.64 bits per heavy atom. The summed E-state index contributed by atoms with van der Waals surface area (Å²) in [4.78, 5) is 0. The van der Waals surface area contributed by atoms with E-state index in [1.165, 1.54) is 12.8 Å². The molecule has 1 atom stereocenters. The summed E-state index contributed by atoms with van der Waals surface area (Å²) in [5, 5.41) is 10.4. The summed E-state index contributed by atoms with van der Waals surface area (Å²) in [6.07, 6.45) is 4.10. The summed E-state index contributed by atoms with van der Waals surface area (Å²) in [5.41, 5.74) is 0. The van der Waals surface area contributed by atoms with Crippen molar-refractivity contribution in [3.05, 3.63) is 12.0 Å². The number of nitrogens with zero attached hydrogens (tertiary/aromatic N) is 2. The number of hydrogen-bond donors (Lipinski definition) is 1. The fraction of sp³-hybridized carbons (Fsp3) is 0.714. The quantitative estimate of drug-likeness (QED) is 0.639. The number of nitrogens with one attached hydrogen (secondary N) is 1. The molecule has 4 heteroatoms. The maximum atomic E-state index is 4.97. The third kappa shape index (κ3) is 1.40. The van der Waals surface area contributed by atoms with Crippen LogP contribution in [0.2, 0.25) is 0 Å². The molecular formula is C7H11N3O. The van der Waals surface area contributed by atoms with Crippen molar-refractivity contribution in [2.45, 2.75) is 18.8 Å². The van der Waals surface area contributed by atoms with E-state index in [0.29, 0.717) is 5.92 Å². The fourth-order valence-corrected chi connectivity index (χ4v) is 1.45. The van der Waals surface area contributed by atoms with Gasteiger partial charge in [-0.2, -0.15) is 0 Å². The molecule has 1 fully saturated rings. The Hall–Kier alpha value is -0.900. The fourth-order valence-electron chi connectivity index (χ4n) is 1.45. The molecule has 0 saturated carbocycles. The van der Waals surface area contributed by atoms with Gasteiger partial charge in [-0.05, 0) is 19.4 Å². The topological polar surface area (TPSA) is 51.0 Å². The zero-order valence-electron chi connectivity index (χ0n) is 6.29. The van der Waals surface area contributed by atoms with Crippen molar-refractivity contribution in [3.8, 4) is 0 Å². The van der Waals surface area contributed by atoms with Gasteiger partial charge >= 0.3 is 0 Å². The summed E-state index contributed by atoms with van der Waals surface area (Å²) in [6.45, 7) is 2.12. The minimum absolute atomic E-state index is 0.485. The van der Waals surface area contributed by atoms with Crippen LogP contribution in [0.4, 0.5) is 0 Å². The zero-order valence-corrected chi connectivity index (χ0v) is 6.29. The molecule has 1 unspecified atom stereocenters. The van der Waals surface area contributed by atoms with Gasteiger partial charge in [-0.3, -0.25) is 0 Å². The summed E-state index contributed by atoms with van der Waals surface area (Å²) in [5.74, 6) is 1.40. The number of hydrogen-bond acceptors (Lipinski definition) is 4. The second-order valence-corrected chi connectivity index (χ2v) is 2.86. The molecule has 1 N–H and O–H groups in total. The Bertz CT molecular complexity index is 203. The van der Waals surface area contributed by atoms with E-state index in [0.717, 1.165) is 18.8 Å². The molecule has 1 aromatic heterocycles. The van der Waals surface area contributed by atoms with Crippen LogP contribution in [0.25, 0.3) is 0 Å². The van der Waals surface area contributed by atoms with Crippen molar-refractivity contribution in [2.75, 3.05) is 13.1 Å². The van der Waals surface area contributed by atoms with Gasteiger partial charge in [0.1, 0.15) is 0 Å². The Kier molecular flexibility index (Phi) is 1.85. The van der Waals surface area contributed by atoms with E-state index < -0.39 is 0 Å². The highest BCUT2D eigenvalue weighted by atomic mass is 16.5. The van der Waals surface area contributed by atoms with Crippen LogP contribution >= 0.6 is 0 Å². The van der Waals surface area contributed by atoms with Gasteiger partial charge in [-0.25, -0.2) is 0 Å². The number of aromatic nitrogens is 2. The molecule has 60 valence electrons. The van der Waals surface area contributed by atoms with E-state index in [4.69, 9.17) is 4.52 Å². The first-order valence-corrected chi connectivity index (χ1v) is 3.95. The summed E-state index contributed by atoms with van der Waals surface area (Å²) >= 11 is 0. The summed E-state index contributed by atoms with van der Waals surface area (Å²) in [7, 11) is 0. The first-order chi connectivity index (χ1) is 5.47. The molecule has 0 amide bonds. The van der Waals surface area contributed by atoms with Crippen LogP contribution in [0.1, 0.15) is 24.5 Å². The number of rotatable bonds is 1. The van der Waals surface area contributed by atoms with Crippen LogP contribution < -0.4 is 5.32 Å². The van der Waals surface area contributed by atoms with Gasteiger partial charge < -0.3 is 9.84 Å². The average molecular weight is 153 g/mol. The van der Waals surface area contributed by atoms with Crippen LogP contribution in [0.3, 0.4) is 0 Å². The normalized spacial score (nSPS) is 25.3. The highest BCUT2D eigenvalue weighted by molar-refractivity contribution is 4.99. The van der Waals surface area contributed by atoms with E-state index in [-0.39, 0.29) is 0 Å². The van der Waals surface area contributed by atoms with Crippen molar-refractivity contribution >= 4 is 0 Å². The molecule has 0 aromatic carbocycles. The molecule has 1 aliphatic rings. The second kappa shape index (κ2) is 3.00. The van der Waals surface area contributed by atoms with Gasteiger partial charge in [0.25, 0.3) is 0 Å². The molecule has 2 rings (SSSR count). The molecule has 0 aliphatic carbocycles. The SMILES string of the molecule is c1nnoc1C1CCCNC1. The van der Waals surface area contributed by atoms with Gasteiger partial charge in [-0.15, -0.1) is 5.10 Å². The summed E-state index contributed by atoms with van der Waals surface area (Å²) in [6, 6.07) is 0. The van der Waals surface area contributed by atoms with Gasteiger partial charge in [0.2, 0.25) is 0 Å². The average Bonchev–Trinajstić information content (AvgIpc) is 2.58. The van der Waals surface area contributed by atoms with Crippen LogP contribution in [0.15, 0.2) is 10.7 Å². The minimum atomic E-state index is 0.485. The van der Waals surface area contributed by atoms with E-state index in [1.54, 1.807) is 6.20 Å². The first kappa shape index (κ1) is 6.79. The maximum absolute atomic E-state index is 4.97. The lowest BCUT2D eigenvalue weighted by molar-refractivity contribution is 0.318.